The van der Waals surface area contributed by atoms with Gasteiger partial charge in [0.15, 0.2) is 0 Å². The van der Waals surface area contributed by atoms with Crippen LogP contribution < -0.4 is 0 Å². The Morgan fingerprint density at radius 1 is 0.964 bits per heavy atom. The third-order valence-corrected chi connectivity index (χ3v) is 6.56. The zero-order chi connectivity index (χ0) is 19.7. The molecule has 2 aliphatic rings. The van der Waals surface area contributed by atoms with E-state index in [0.29, 0.717) is 16.7 Å². The van der Waals surface area contributed by atoms with Gasteiger partial charge in [0.1, 0.15) is 0 Å². The first-order valence-electron chi connectivity index (χ1n) is 9.84. The summed E-state index contributed by atoms with van der Waals surface area (Å²) in [6.45, 7) is 4.39. The fourth-order valence-corrected chi connectivity index (χ4v) is 4.76. The van der Waals surface area contributed by atoms with Crippen LogP contribution in [0.4, 0.5) is 0 Å². The van der Waals surface area contributed by atoms with Crippen molar-refractivity contribution in [1.82, 2.24) is 4.90 Å². The minimum atomic E-state index is -0.992. The predicted octanol–water partition coefficient (Wildman–Crippen LogP) is 4.08. The lowest BCUT2D eigenvalue weighted by Gasteiger charge is -2.39. The van der Waals surface area contributed by atoms with E-state index in [2.05, 4.69) is 6.92 Å². The summed E-state index contributed by atoms with van der Waals surface area (Å²) in [4.78, 5) is 27.2. The Hall–Kier alpha value is -2.66. The second kappa shape index (κ2) is 7.40. The summed E-state index contributed by atoms with van der Waals surface area (Å²) >= 11 is 0. The van der Waals surface area contributed by atoms with E-state index in [1.807, 2.05) is 23.1 Å². The number of carbonyl (C=O) groups is 2. The number of carboxylic acid groups (broad SMARTS) is 1. The van der Waals surface area contributed by atoms with E-state index in [1.54, 1.807) is 30.3 Å². The summed E-state index contributed by atoms with van der Waals surface area (Å²) in [6.07, 6.45) is 2.97. The predicted molar refractivity (Wildman–Crippen MR) is 106 cm³/mol. The maximum Gasteiger partial charge on any atom is 0.336 e. The van der Waals surface area contributed by atoms with Crippen LogP contribution in [0.5, 0.6) is 0 Å². The lowest BCUT2D eigenvalue weighted by molar-refractivity contribution is 0.000183. The van der Waals surface area contributed by atoms with Crippen LogP contribution in [-0.4, -0.2) is 47.7 Å². The lowest BCUT2D eigenvalue weighted by Crippen LogP contribution is -2.43. The fraction of sp³-hybridized carbons (Fsp3) is 0.391. The van der Waals surface area contributed by atoms with Gasteiger partial charge in [-0.15, -0.1) is 0 Å². The number of aromatic carboxylic acids is 1. The number of nitrogens with zero attached hydrogens (tertiary/aromatic N) is 1. The van der Waals surface area contributed by atoms with Gasteiger partial charge in [-0.25, -0.2) is 4.79 Å². The third kappa shape index (κ3) is 3.10. The number of amides is 1. The molecule has 0 saturated carbocycles. The smallest absolute Gasteiger partial charge is 0.336 e. The van der Waals surface area contributed by atoms with Crippen molar-refractivity contribution in [2.45, 2.75) is 32.2 Å². The highest BCUT2D eigenvalue weighted by molar-refractivity contribution is 6.04. The molecular weight excluding hydrogens is 354 g/mol. The van der Waals surface area contributed by atoms with Crippen LogP contribution in [0.3, 0.4) is 0 Å². The van der Waals surface area contributed by atoms with Crippen molar-refractivity contribution in [3.63, 3.8) is 0 Å². The Balaban J connectivity index is 1.70. The molecule has 2 aromatic carbocycles. The summed E-state index contributed by atoms with van der Waals surface area (Å²) < 4.78 is 5.54. The molecule has 2 fully saturated rings. The molecule has 2 aliphatic heterocycles. The molecule has 1 spiro atoms. The highest BCUT2D eigenvalue weighted by atomic mass is 16.5. The van der Waals surface area contributed by atoms with Crippen LogP contribution in [0.1, 0.15) is 46.9 Å². The minimum Gasteiger partial charge on any atom is -0.478 e. The van der Waals surface area contributed by atoms with E-state index in [1.165, 1.54) is 0 Å². The van der Waals surface area contributed by atoms with Crippen LogP contribution in [-0.2, 0) is 4.74 Å². The largest absolute Gasteiger partial charge is 0.478 e. The van der Waals surface area contributed by atoms with Gasteiger partial charge < -0.3 is 14.7 Å². The van der Waals surface area contributed by atoms with Crippen molar-refractivity contribution in [2.24, 2.45) is 5.41 Å². The van der Waals surface area contributed by atoms with E-state index in [4.69, 9.17) is 4.74 Å². The molecule has 146 valence electrons. The molecule has 2 saturated heterocycles. The zero-order valence-corrected chi connectivity index (χ0v) is 16.1. The molecule has 5 heteroatoms. The molecular formula is C23H25NO4. The summed E-state index contributed by atoms with van der Waals surface area (Å²) in [6, 6.07) is 14.3. The van der Waals surface area contributed by atoms with Crippen LogP contribution in [0.15, 0.2) is 48.5 Å². The SMILES string of the molecule is CC1N(C(=O)c2ccccc2-c2ccccc2C(=O)O)CCC12CCOCC2. The fourth-order valence-electron chi connectivity index (χ4n) is 4.76. The van der Waals surface area contributed by atoms with Crippen LogP contribution >= 0.6 is 0 Å². The van der Waals surface area contributed by atoms with Crippen LogP contribution in [0, 0.1) is 5.41 Å². The van der Waals surface area contributed by atoms with Crippen molar-refractivity contribution in [2.75, 3.05) is 19.8 Å². The van der Waals surface area contributed by atoms with Gasteiger partial charge in [-0.3, -0.25) is 4.79 Å². The van der Waals surface area contributed by atoms with Gasteiger partial charge in [0.05, 0.1) is 5.56 Å². The quantitative estimate of drug-likeness (QED) is 0.872. The van der Waals surface area contributed by atoms with Crippen LogP contribution in [0.2, 0.25) is 0 Å². The molecule has 5 nitrogen and oxygen atoms in total. The van der Waals surface area contributed by atoms with Gasteiger partial charge in [0.2, 0.25) is 0 Å². The second-order valence-electron chi connectivity index (χ2n) is 7.80. The number of benzene rings is 2. The van der Waals surface area contributed by atoms with Gasteiger partial charge in [-0.1, -0.05) is 36.4 Å². The van der Waals surface area contributed by atoms with Gasteiger partial charge in [-0.05, 0) is 54.9 Å². The summed E-state index contributed by atoms with van der Waals surface area (Å²) in [5.74, 6) is -1.01. The maximum atomic E-state index is 13.5. The van der Waals surface area contributed by atoms with Gasteiger partial charge >= 0.3 is 5.97 Å². The number of rotatable bonds is 3. The van der Waals surface area contributed by atoms with E-state index >= 15 is 0 Å². The van der Waals surface area contributed by atoms with E-state index in [9.17, 15) is 14.7 Å². The van der Waals surface area contributed by atoms with Crippen LogP contribution in [0.25, 0.3) is 11.1 Å². The Kier molecular flexibility index (Phi) is 4.94. The molecule has 4 rings (SSSR count). The lowest BCUT2D eigenvalue weighted by atomic mass is 9.74. The second-order valence-corrected chi connectivity index (χ2v) is 7.80. The van der Waals surface area contributed by atoms with Crippen molar-refractivity contribution in [1.29, 1.82) is 0 Å². The van der Waals surface area contributed by atoms with Crippen molar-refractivity contribution in [3.05, 3.63) is 59.7 Å². The number of carboxylic acids is 1. The Morgan fingerprint density at radius 3 is 2.18 bits per heavy atom. The molecule has 1 unspecified atom stereocenters. The molecule has 2 aromatic rings. The van der Waals surface area contributed by atoms with Crippen molar-refractivity contribution < 1.29 is 19.4 Å². The average Bonchev–Trinajstić information content (AvgIpc) is 3.03. The molecule has 1 N–H and O–H groups in total. The number of hydrogen-bond acceptors (Lipinski definition) is 3. The average molecular weight is 379 g/mol. The van der Waals surface area contributed by atoms with Gasteiger partial charge in [0.25, 0.3) is 5.91 Å². The summed E-state index contributed by atoms with van der Waals surface area (Å²) in [5, 5.41) is 9.57. The van der Waals surface area contributed by atoms with Gasteiger partial charge in [-0.2, -0.15) is 0 Å². The zero-order valence-electron chi connectivity index (χ0n) is 16.1. The standard InChI is InChI=1S/C23H25NO4/c1-16-23(11-14-28-15-12-23)10-13-24(16)21(25)19-8-4-2-6-17(19)18-7-3-5-9-20(18)22(26)27/h2-9,16H,10-15H2,1H3,(H,26,27). The maximum absolute atomic E-state index is 13.5. The number of likely N-dealkylation sites (tertiary alicyclic amines) is 1. The summed E-state index contributed by atoms with van der Waals surface area (Å²) in [5.41, 5.74) is 2.16. The Morgan fingerprint density at radius 2 is 1.54 bits per heavy atom. The normalized spacial score (nSPS) is 21.0. The van der Waals surface area contributed by atoms with Crippen molar-refractivity contribution in [3.8, 4) is 11.1 Å². The van der Waals surface area contributed by atoms with Crippen molar-refractivity contribution >= 4 is 11.9 Å². The number of carbonyl (C=O) groups excluding carboxylic acids is 1. The molecule has 28 heavy (non-hydrogen) atoms. The first kappa shape index (κ1) is 18.7. The molecule has 1 amide bonds. The molecule has 2 heterocycles. The third-order valence-electron chi connectivity index (χ3n) is 6.56. The highest BCUT2D eigenvalue weighted by Gasteiger charge is 2.47. The Bertz CT molecular complexity index is 901. The first-order valence-corrected chi connectivity index (χ1v) is 9.84. The molecule has 0 aromatic heterocycles. The Labute approximate surface area is 164 Å². The van der Waals surface area contributed by atoms with E-state index in [-0.39, 0.29) is 22.9 Å². The molecule has 0 bridgehead atoms. The minimum absolute atomic E-state index is 0.0216. The van der Waals surface area contributed by atoms with E-state index in [0.717, 1.165) is 39.0 Å². The summed E-state index contributed by atoms with van der Waals surface area (Å²) in [7, 11) is 0. The monoisotopic (exact) mass is 379 g/mol. The molecule has 0 radical (unpaired) electrons. The number of hydrogen-bond donors (Lipinski definition) is 1. The van der Waals surface area contributed by atoms with Gasteiger partial charge in [0, 0.05) is 31.4 Å². The molecule has 1 atom stereocenters. The topological polar surface area (TPSA) is 66.8 Å². The van der Waals surface area contributed by atoms with E-state index < -0.39 is 5.97 Å². The highest BCUT2D eigenvalue weighted by Crippen LogP contribution is 2.45. The first-order chi connectivity index (χ1) is 13.5. The molecule has 0 aliphatic carbocycles. The number of ether oxygens (including phenoxy) is 1.